The van der Waals surface area contributed by atoms with Gasteiger partial charge in [-0.3, -0.25) is 20.4 Å². The van der Waals surface area contributed by atoms with Gasteiger partial charge in [0.05, 0.1) is 6.10 Å². The quantitative estimate of drug-likeness (QED) is 0.620. The first-order chi connectivity index (χ1) is 13.9. The molecule has 0 heterocycles. The van der Waals surface area contributed by atoms with E-state index >= 15 is 0 Å². The Balaban J connectivity index is 1.76. The van der Waals surface area contributed by atoms with Crippen LogP contribution in [0.15, 0.2) is 48.5 Å². The Bertz CT molecular complexity index is 788. The second-order valence-corrected chi connectivity index (χ2v) is 7.03. The Kier molecular flexibility index (Phi) is 8.52. The number of nitrogens with one attached hydrogen (secondary N) is 2. The van der Waals surface area contributed by atoms with E-state index in [9.17, 15) is 9.59 Å². The van der Waals surface area contributed by atoms with Crippen LogP contribution in [-0.2, 0) is 4.79 Å². The van der Waals surface area contributed by atoms with E-state index in [0.717, 1.165) is 12.8 Å². The largest absolute Gasteiger partial charge is 0.491 e. The predicted octanol–water partition coefficient (Wildman–Crippen LogP) is 4.22. The number of amides is 2. The molecule has 2 aromatic carbocycles. The van der Waals surface area contributed by atoms with Crippen LogP contribution < -0.4 is 20.3 Å². The Morgan fingerprint density at radius 1 is 0.862 bits per heavy atom. The topological polar surface area (TPSA) is 76.7 Å². The van der Waals surface area contributed by atoms with Crippen LogP contribution in [0, 0.1) is 0 Å². The summed E-state index contributed by atoms with van der Waals surface area (Å²) in [5.74, 6) is 0.939. The molecule has 0 spiro atoms. The molecule has 0 radical (unpaired) electrons. The second kappa shape index (κ2) is 11.1. The summed E-state index contributed by atoms with van der Waals surface area (Å²) in [6, 6.07) is 14.4. The van der Waals surface area contributed by atoms with Crippen LogP contribution in [0.4, 0.5) is 0 Å². The summed E-state index contributed by atoms with van der Waals surface area (Å²) in [5, 5.41) is 0. The van der Waals surface area contributed by atoms with Crippen molar-refractivity contribution >= 4 is 11.8 Å². The molecule has 0 aromatic heterocycles. The third-order valence-electron chi connectivity index (χ3n) is 4.78. The van der Waals surface area contributed by atoms with Gasteiger partial charge in [-0.05, 0) is 67.6 Å². The molecule has 2 amide bonds. The maximum atomic E-state index is 12.1. The molecule has 2 aromatic rings. The van der Waals surface area contributed by atoms with Gasteiger partial charge in [0.1, 0.15) is 11.5 Å². The molecule has 156 valence electrons. The number of rotatable bonds is 9. The molecular formula is C23H30N2O4. The maximum absolute atomic E-state index is 12.1. The minimum absolute atomic E-state index is 0.111. The highest BCUT2D eigenvalue weighted by Gasteiger charge is 2.09. The Labute approximate surface area is 172 Å². The lowest BCUT2D eigenvalue weighted by atomic mass is 9.99. The zero-order chi connectivity index (χ0) is 21.2. The highest BCUT2D eigenvalue weighted by molar-refractivity contribution is 5.95. The molecule has 0 saturated heterocycles. The van der Waals surface area contributed by atoms with E-state index in [2.05, 4.69) is 24.7 Å². The summed E-state index contributed by atoms with van der Waals surface area (Å²) in [6.07, 6.45) is 2.08. The molecule has 0 aliphatic rings. The van der Waals surface area contributed by atoms with Crippen LogP contribution in [0.3, 0.4) is 0 Å². The van der Waals surface area contributed by atoms with E-state index in [4.69, 9.17) is 9.47 Å². The van der Waals surface area contributed by atoms with Crippen LogP contribution in [0.5, 0.6) is 11.5 Å². The number of carbonyl (C=O) groups excluding carboxylic acids is 2. The fraction of sp³-hybridized carbons (Fsp3) is 0.391. The summed E-state index contributed by atoms with van der Waals surface area (Å²) in [4.78, 5) is 24.0. The first-order valence-electron chi connectivity index (χ1n) is 10.0. The SMILES string of the molecule is CCC(C)Oc1ccc(C(=O)NNC(=O)COc2ccc(C(C)CC)cc2)cc1. The molecule has 2 rings (SSSR count). The van der Waals surface area contributed by atoms with Crippen molar-refractivity contribution in [3.8, 4) is 11.5 Å². The summed E-state index contributed by atoms with van der Waals surface area (Å²) >= 11 is 0. The van der Waals surface area contributed by atoms with E-state index in [1.807, 2.05) is 38.1 Å². The van der Waals surface area contributed by atoms with Gasteiger partial charge in [0, 0.05) is 5.56 Å². The number of benzene rings is 2. The van der Waals surface area contributed by atoms with Crippen molar-refractivity contribution in [1.82, 2.24) is 10.9 Å². The van der Waals surface area contributed by atoms with Gasteiger partial charge >= 0.3 is 0 Å². The van der Waals surface area contributed by atoms with Gasteiger partial charge < -0.3 is 9.47 Å². The monoisotopic (exact) mass is 398 g/mol. The van der Waals surface area contributed by atoms with Crippen molar-refractivity contribution in [1.29, 1.82) is 0 Å². The molecule has 29 heavy (non-hydrogen) atoms. The average molecular weight is 399 g/mol. The van der Waals surface area contributed by atoms with Crippen LogP contribution in [0.25, 0.3) is 0 Å². The van der Waals surface area contributed by atoms with Crippen molar-refractivity contribution in [3.05, 3.63) is 59.7 Å². The van der Waals surface area contributed by atoms with Crippen molar-refractivity contribution in [3.63, 3.8) is 0 Å². The summed E-state index contributed by atoms with van der Waals surface area (Å²) in [7, 11) is 0. The highest BCUT2D eigenvalue weighted by atomic mass is 16.5. The smallest absolute Gasteiger partial charge is 0.276 e. The van der Waals surface area contributed by atoms with Gasteiger partial charge in [0.2, 0.25) is 0 Å². The van der Waals surface area contributed by atoms with Crippen LogP contribution in [0.2, 0.25) is 0 Å². The fourth-order valence-corrected chi connectivity index (χ4v) is 2.51. The standard InChI is InChI=1S/C23H30N2O4/c1-5-16(3)18-7-11-20(12-8-18)28-15-22(26)24-25-23(27)19-9-13-21(14-10-19)29-17(4)6-2/h7-14,16-17H,5-6,15H2,1-4H3,(H,24,26)(H,25,27). The molecule has 0 saturated carbocycles. The molecule has 0 fully saturated rings. The van der Waals surface area contributed by atoms with E-state index in [1.165, 1.54) is 5.56 Å². The van der Waals surface area contributed by atoms with Gasteiger partial charge in [-0.25, -0.2) is 0 Å². The lowest BCUT2D eigenvalue weighted by Gasteiger charge is -2.13. The van der Waals surface area contributed by atoms with E-state index < -0.39 is 11.8 Å². The first-order valence-corrected chi connectivity index (χ1v) is 10.0. The number of hydrogen-bond donors (Lipinski definition) is 2. The minimum atomic E-state index is -0.443. The van der Waals surface area contributed by atoms with Gasteiger partial charge in [0.15, 0.2) is 6.61 Å². The lowest BCUT2D eigenvalue weighted by molar-refractivity contribution is -0.123. The molecule has 2 N–H and O–H groups in total. The van der Waals surface area contributed by atoms with Crippen LogP contribution in [0.1, 0.15) is 62.4 Å². The number of hydrogen-bond acceptors (Lipinski definition) is 4. The third kappa shape index (κ3) is 7.14. The van der Waals surface area contributed by atoms with Gasteiger partial charge in [0.25, 0.3) is 11.8 Å². The van der Waals surface area contributed by atoms with Crippen LogP contribution >= 0.6 is 0 Å². The first kappa shape index (κ1) is 22.3. The number of carbonyl (C=O) groups is 2. The van der Waals surface area contributed by atoms with Gasteiger partial charge in [-0.2, -0.15) is 0 Å². The average Bonchev–Trinajstić information content (AvgIpc) is 2.76. The Hall–Kier alpha value is -3.02. The predicted molar refractivity (Wildman–Crippen MR) is 113 cm³/mol. The van der Waals surface area contributed by atoms with Crippen molar-refractivity contribution < 1.29 is 19.1 Å². The van der Waals surface area contributed by atoms with Crippen molar-refractivity contribution in [2.24, 2.45) is 0 Å². The highest BCUT2D eigenvalue weighted by Crippen LogP contribution is 2.21. The van der Waals surface area contributed by atoms with Crippen molar-refractivity contribution in [2.75, 3.05) is 6.61 Å². The number of ether oxygens (including phenoxy) is 2. The zero-order valence-corrected chi connectivity index (χ0v) is 17.5. The maximum Gasteiger partial charge on any atom is 0.276 e. The lowest BCUT2D eigenvalue weighted by Crippen LogP contribution is -2.43. The summed E-state index contributed by atoms with van der Waals surface area (Å²) < 4.78 is 11.1. The normalized spacial score (nSPS) is 12.6. The molecule has 2 unspecified atom stereocenters. The molecular weight excluding hydrogens is 368 g/mol. The molecule has 0 aliphatic carbocycles. The minimum Gasteiger partial charge on any atom is -0.491 e. The van der Waals surface area contributed by atoms with Gasteiger partial charge in [-0.15, -0.1) is 0 Å². The van der Waals surface area contributed by atoms with E-state index in [1.54, 1.807) is 24.3 Å². The third-order valence-corrected chi connectivity index (χ3v) is 4.78. The Morgan fingerprint density at radius 3 is 2.07 bits per heavy atom. The van der Waals surface area contributed by atoms with E-state index in [-0.39, 0.29) is 12.7 Å². The van der Waals surface area contributed by atoms with Crippen molar-refractivity contribution in [2.45, 2.75) is 52.6 Å². The Morgan fingerprint density at radius 2 is 1.48 bits per heavy atom. The summed E-state index contributed by atoms with van der Waals surface area (Å²) in [5.41, 5.74) is 6.38. The fourth-order valence-electron chi connectivity index (χ4n) is 2.51. The van der Waals surface area contributed by atoms with Crippen LogP contribution in [-0.4, -0.2) is 24.5 Å². The zero-order valence-electron chi connectivity index (χ0n) is 17.5. The molecule has 6 heteroatoms. The molecule has 6 nitrogen and oxygen atoms in total. The van der Waals surface area contributed by atoms with Gasteiger partial charge in [-0.1, -0.05) is 32.9 Å². The second-order valence-electron chi connectivity index (χ2n) is 7.03. The molecule has 0 aliphatic heterocycles. The van der Waals surface area contributed by atoms with E-state index in [0.29, 0.717) is 23.0 Å². The number of hydrazine groups is 1. The summed E-state index contributed by atoms with van der Waals surface area (Å²) in [6.45, 7) is 8.14. The molecule has 0 bridgehead atoms. The molecule has 2 atom stereocenters.